The van der Waals surface area contributed by atoms with Crippen LogP contribution in [0.5, 0.6) is 0 Å². The number of carbonyl (C=O) groups is 1. The van der Waals surface area contributed by atoms with Crippen molar-refractivity contribution < 1.29 is 4.79 Å². The Hall–Kier alpha value is -2.21. The van der Waals surface area contributed by atoms with Crippen LogP contribution in [0, 0.1) is 0 Å². The summed E-state index contributed by atoms with van der Waals surface area (Å²) >= 11 is 6.13. The lowest BCUT2D eigenvalue weighted by Crippen LogP contribution is -2.30. The van der Waals surface area contributed by atoms with E-state index in [4.69, 9.17) is 11.6 Å². The second kappa shape index (κ2) is 6.91. The molecule has 0 aliphatic heterocycles. The molecule has 0 saturated carbocycles. The van der Waals surface area contributed by atoms with Gasteiger partial charge in [-0.3, -0.25) is 4.79 Å². The monoisotopic (exact) mass is 333 g/mol. The second-order valence-electron chi connectivity index (χ2n) is 5.68. The molecule has 0 bridgehead atoms. The molecule has 6 nitrogen and oxygen atoms in total. The fourth-order valence-electron chi connectivity index (χ4n) is 2.07. The summed E-state index contributed by atoms with van der Waals surface area (Å²) in [7, 11) is 5.43. The number of hydrogen-bond acceptors (Lipinski definition) is 5. The van der Waals surface area contributed by atoms with Gasteiger partial charge in [-0.05, 0) is 12.1 Å². The molecule has 23 heavy (non-hydrogen) atoms. The van der Waals surface area contributed by atoms with Crippen LogP contribution in [-0.4, -0.2) is 42.0 Å². The van der Waals surface area contributed by atoms with Crippen molar-refractivity contribution in [3.8, 4) is 0 Å². The second-order valence-corrected chi connectivity index (χ2v) is 6.09. The first-order valence-corrected chi connectivity index (χ1v) is 7.63. The Balaban J connectivity index is 2.43. The Morgan fingerprint density at radius 1 is 1.22 bits per heavy atom. The summed E-state index contributed by atoms with van der Waals surface area (Å²) in [6.45, 7) is 3.93. The van der Waals surface area contributed by atoms with E-state index in [0.29, 0.717) is 17.3 Å². The first kappa shape index (κ1) is 17.1. The first-order chi connectivity index (χ1) is 10.8. The average molecular weight is 334 g/mol. The van der Waals surface area contributed by atoms with Gasteiger partial charge in [0.25, 0.3) is 5.91 Å². The van der Waals surface area contributed by atoms with Gasteiger partial charge in [0, 0.05) is 33.3 Å². The SMILES string of the molecule is CC(C)c1ncc(Cl)c(C(=O)N(C)c2cccnc2N(C)C)n1. The van der Waals surface area contributed by atoms with Crippen LogP contribution in [-0.2, 0) is 0 Å². The maximum absolute atomic E-state index is 12.8. The largest absolute Gasteiger partial charge is 0.361 e. The van der Waals surface area contributed by atoms with E-state index in [1.807, 2.05) is 38.9 Å². The smallest absolute Gasteiger partial charge is 0.278 e. The topological polar surface area (TPSA) is 62.2 Å². The third-order valence-electron chi connectivity index (χ3n) is 3.34. The van der Waals surface area contributed by atoms with E-state index in [0.717, 1.165) is 0 Å². The highest BCUT2D eigenvalue weighted by Gasteiger charge is 2.22. The molecule has 0 aliphatic rings. The zero-order valence-electron chi connectivity index (χ0n) is 13.9. The lowest BCUT2D eigenvalue weighted by Gasteiger charge is -2.23. The number of halogens is 1. The summed E-state index contributed by atoms with van der Waals surface area (Å²) in [6, 6.07) is 3.62. The molecule has 0 fully saturated rings. The molecule has 0 aromatic carbocycles. The van der Waals surface area contributed by atoms with Crippen LogP contribution in [0.1, 0.15) is 36.1 Å². The molecule has 0 saturated heterocycles. The van der Waals surface area contributed by atoms with Crippen LogP contribution in [0.25, 0.3) is 0 Å². The van der Waals surface area contributed by atoms with Gasteiger partial charge in [-0.1, -0.05) is 25.4 Å². The van der Waals surface area contributed by atoms with Gasteiger partial charge in [-0.2, -0.15) is 0 Å². The molecule has 0 radical (unpaired) electrons. The number of carbonyl (C=O) groups excluding carboxylic acids is 1. The molecule has 122 valence electrons. The Bertz CT molecular complexity index is 717. The van der Waals surface area contributed by atoms with Gasteiger partial charge < -0.3 is 9.80 Å². The molecule has 0 spiro atoms. The first-order valence-electron chi connectivity index (χ1n) is 7.25. The molecule has 7 heteroatoms. The van der Waals surface area contributed by atoms with Gasteiger partial charge in [0.2, 0.25) is 0 Å². The number of anilines is 2. The van der Waals surface area contributed by atoms with E-state index < -0.39 is 0 Å². The summed E-state index contributed by atoms with van der Waals surface area (Å²) in [5, 5.41) is 0.238. The maximum Gasteiger partial charge on any atom is 0.278 e. The van der Waals surface area contributed by atoms with Crippen molar-refractivity contribution >= 4 is 29.0 Å². The van der Waals surface area contributed by atoms with Crippen LogP contribution in [0.15, 0.2) is 24.5 Å². The predicted molar refractivity (Wildman–Crippen MR) is 92.4 cm³/mol. The van der Waals surface area contributed by atoms with Crippen molar-refractivity contribution in [2.24, 2.45) is 0 Å². The maximum atomic E-state index is 12.8. The third kappa shape index (κ3) is 3.59. The molecular weight excluding hydrogens is 314 g/mol. The fraction of sp³-hybridized carbons (Fsp3) is 0.375. The molecule has 2 aromatic heterocycles. The van der Waals surface area contributed by atoms with E-state index >= 15 is 0 Å². The van der Waals surface area contributed by atoms with Crippen LogP contribution in [0.3, 0.4) is 0 Å². The zero-order valence-corrected chi connectivity index (χ0v) is 14.7. The quantitative estimate of drug-likeness (QED) is 0.860. The van der Waals surface area contributed by atoms with Crippen molar-refractivity contribution in [2.75, 3.05) is 30.9 Å². The molecule has 0 N–H and O–H groups in total. The van der Waals surface area contributed by atoms with Gasteiger partial charge in [-0.15, -0.1) is 0 Å². The van der Waals surface area contributed by atoms with Crippen molar-refractivity contribution in [2.45, 2.75) is 19.8 Å². The van der Waals surface area contributed by atoms with Gasteiger partial charge in [0.05, 0.1) is 16.9 Å². The Labute approximate surface area is 141 Å². The van der Waals surface area contributed by atoms with E-state index in [2.05, 4.69) is 15.0 Å². The Morgan fingerprint density at radius 3 is 2.52 bits per heavy atom. The van der Waals surface area contributed by atoms with Crippen LogP contribution >= 0.6 is 11.6 Å². The highest BCUT2D eigenvalue weighted by atomic mass is 35.5. The number of nitrogens with zero attached hydrogens (tertiary/aromatic N) is 5. The minimum absolute atomic E-state index is 0.111. The number of pyridine rings is 1. The predicted octanol–water partition coefficient (Wildman–Crippen LogP) is 2.99. The minimum Gasteiger partial charge on any atom is -0.361 e. The van der Waals surface area contributed by atoms with Gasteiger partial charge in [0.1, 0.15) is 5.82 Å². The van der Waals surface area contributed by atoms with Gasteiger partial charge in [0.15, 0.2) is 11.5 Å². The van der Waals surface area contributed by atoms with Crippen LogP contribution < -0.4 is 9.80 Å². The Kier molecular flexibility index (Phi) is 5.15. The summed E-state index contributed by atoms with van der Waals surface area (Å²) in [5.41, 5.74) is 0.879. The van der Waals surface area contributed by atoms with Crippen molar-refractivity contribution in [1.29, 1.82) is 0 Å². The van der Waals surface area contributed by atoms with Gasteiger partial charge >= 0.3 is 0 Å². The standard InChI is InChI=1S/C16H20ClN5O/c1-10(2)14-19-9-11(17)13(20-14)16(23)22(5)12-7-6-8-18-15(12)21(3)4/h6-10H,1-5H3. The van der Waals surface area contributed by atoms with E-state index in [1.165, 1.54) is 11.1 Å². The molecule has 2 aromatic rings. The Morgan fingerprint density at radius 2 is 1.91 bits per heavy atom. The highest BCUT2D eigenvalue weighted by Crippen LogP contribution is 2.26. The lowest BCUT2D eigenvalue weighted by atomic mass is 10.2. The molecule has 1 amide bonds. The van der Waals surface area contributed by atoms with Crippen molar-refractivity contribution in [3.63, 3.8) is 0 Å². The number of rotatable bonds is 4. The van der Waals surface area contributed by atoms with Crippen LogP contribution in [0.2, 0.25) is 5.02 Å². The summed E-state index contributed by atoms with van der Waals surface area (Å²) in [5.74, 6) is 1.10. The fourth-order valence-corrected chi connectivity index (χ4v) is 2.24. The summed E-state index contributed by atoms with van der Waals surface area (Å²) in [6.07, 6.45) is 3.16. The number of hydrogen-bond donors (Lipinski definition) is 0. The molecular formula is C16H20ClN5O. The lowest BCUT2D eigenvalue weighted by molar-refractivity contribution is 0.0988. The van der Waals surface area contributed by atoms with Crippen molar-refractivity contribution in [1.82, 2.24) is 15.0 Å². The minimum atomic E-state index is -0.296. The molecule has 0 aliphatic carbocycles. The van der Waals surface area contributed by atoms with Gasteiger partial charge in [-0.25, -0.2) is 15.0 Å². The van der Waals surface area contributed by atoms with E-state index in [-0.39, 0.29) is 22.5 Å². The van der Waals surface area contributed by atoms with E-state index in [9.17, 15) is 4.79 Å². The summed E-state index contributed by atoms with van der Waals surface area (Å²) < 4.78 is 0. The average Bonchev–Trinajstić information content (AvgIpc) is 2.53. The highest BCUT2D eigenvalue weighted by molar-refractivity contribution is 6.34. The summed E-state index contributed by atoms with van der Waals surface area (Å²) in [4.78, 5) is 29.0. The van der Waals surface area contributed by atoms with E-state index in [1.54, 1.807) is 19.3 Å². The molecule has 0 unspecified atom stereocenters. The van der Waals surface area contributed by atoms with Crippen LogP contribution in [0.4, 0.5) is 11.5 Å². The molecule has 2 heterocycles. The zero-order chi connectivity index (χ0) is 17.1. The third-order valence-corrected chi connectivity index (χ3v) is 3.61. The molecule has 0 atom stereocenters. The number of amides is 1. The normalized spacial score (nSPS) is 10.7. The molecule has 2 rings (SSSR count). The number of aromatic nitrogens is 3. The van der Waals surface area contributed by atoms with Crippen molar-refractivity contribution in [3.05, 3.63) is 41.1 Å².